The molecular formula is C18H25ClN2O4S. The molecule has 0 fully saturated rings. The number of benzene rings is 1. The van der Waals surface area contributed by atoms with Gasteiger partial charge < -0.3 is 10.1 Å². The number of aromatic nitrogens is 1. The van der Waals surface area contributed by atoms with E-state index in [-0.39, 0.29) is 4.90 Å². The zero-order valence-corrected chi connectivity index (χ0v) is 16.7. The molecule has 0 aliphatic heterocycles. The minimum absolute atomic E-state index is 0.0666. The Morgan fingerprint density at radius 2 is 1.88 bits per heavy atom. The molecule has 0 saturated carbocycles. The Morgan fingerprint density at radius 1 is 1.23 bits per heavy atom. The van der Waals surface area contributed by atoms with Gasteiger partial charge in [-0.25, -0.2) is 4.98 Å². The third kappa shape index (κ3) is 9.15. The predicted molar refractivity (Wildman–Crippen MR) is 103 cm³/mol. The van der Waals surface area contributed by atoms with Crippen molar-refractivity contribution in [2.75, 3.05) is 13.2 Å². The lowest BCUT2D eigenvalue weighted by Gasteiger charge is -2.13. The molecule has 0 unspecified atom stereocenters. The topological polar surface area (TPSA) is 88.5 Å². The number of halogens is 1. The van der Waals surface area contributed by atoms with Gasteiger partial charge in [-0.15, -0.1) is 0 Å². The normalized spacial score (nSPS) is 12.0. The summed E-state index contributed by atoms with van der Waals surface area (Å²) in [6.45, 7) is 7.74. The fraction of sp³-hybridized carbons (Fsp3) is 0.389. The van der Waals surface area contributed by atoms with Crippen LogP contribution in [0.5, 0.6) is 5.75 Å². The van der Waals surface area contributed by atoms with Crippen LogP contribution in [0.25, 0.3) is 0 Å². The van der Waals surface area contributed by atoms with E-state index in [0.717, 1.165) is 24.3 Å². The molecule has 1 aromatic carbocycles. The number of hydrogen-bond acceptors (Lipinski definition) is 5. The molecule has 0 amide bonds. The van der Waals surface area contributed by atoms with Crippen LogP contribution in [0.3, 0.4) is 0 Å². The fourth-order valence-electron chi connectivity index (χ4n) is 1.83. The van der Waals surface area contributed by atoms with Gasteiger partial charge in [0.05, 0.1) is 11.1 Å². The van der Waals surface area contributed by atoms with Crippen molar-refractivity contribution in [1.82, 2.24) is 10.3 Å². The van der Waals surface area contributed by atoms with Crippen molar-refractivity contribution in [2.45, 2.75) is 38.1 Å². The molecule has 0 radical (unpaired) electrons. The van der Waals surface area contributed by atoms with Gasteiger partial charge in [-0.1, -0.05) is 36.2 Å². The number of aryl methyl sites for hydroxylation is 1. The van der Waals surface area contributed by atoms with Crippen LogP contribution in [0.4, 0.5) is 0 Å². The van der Waals surface area contributed by atoms with Crippen molar-refractivity contribution in [3.63, 3.8) is 0 Å². The third-order valence-electron chi connectivity index (χ3n) is 3.26. The summed E-state index contributed by atoms with van der Waals surface area (Å²) in [7, 11) is -4.02. The lowest BCUT2D eigenvalue weighted by molar-refractivity contribution is 0.273. The van der Waals surface area contributed by atoms with Gasteiger partial charge in [-0.3, -0.25) is 4.55 Å². The summed E-state index contributed by atoms with van der Waals surface area (Å²) in [6.07, 6.45) is 2.77. The van der Waals surface area contributed by atoms with Crippen LogP contribution < -0.4 is 10.1 Å². The summed E-state index contributed by atoms with van der Waals surface area (Å²) in [6, 6.07) is 9.88. The number of nitrogens with zero attached hydrogens (tertiary/aromatic N) is 1. The van der Waals surface area contributed by atoms with E-state index < -0.39 is 10.1 Å². The van der Waals surface area contributed by atoms with Crippen LogP contribution in [0.2, 0.25) is 5.15 Å². The molecule has 0 aliphatic rings. The highest BCUT2D eigenvalue weighted by Crippen LogP contribution is 2.12. The second-order valence-corrected chi connectivity index (χ2v) is 7.58. The van der Waals surface area contributed by atoms with E-state index in [4.69, 9.17) is 20.9 Å². The standard InChI is InChI=1S/C11H17ClN2O.C7H8O3S/c1-3-6-13-9(2)8-15-10-4-5-11(12)14-7-10;1-6-2-4-7(5-3-6)11(8,9)10/h4-5,7,9,13H,3,6,8H2,1-2H3;2-5H,1H3,(H,8,9,10)/t9-;/m1./s1. The summed E-state index contributed by atoms with van der Waals surface area (Å²) in [5.41, 5.74) is 0.956. The Kier molecular flexibility index (Phi) is 9.58. The van der Waals surface area contributed by atoms with Gasteiger partial charge in [0.2, 0.25) is 0 Å². The molecule has 6 nitrogen and oxygen atoms in total. The monoisotopic (exact) mass is 400 g/mol. The van der Waals surface area contributed by atoms with Crippen LogP contribution >= 0.6 is 11.6 Å². The molecular weight excluding hydrogens is 376 g/mol. The Balaban J connectivity index is 0.000000273. The van der Waals surface area contributed by atoms with Crippen molar-refractivity contribution in [3.05, 3.63) is 53.3 Å². The molecule has 0 spiro atoms. The molecule has 26 heavy (non-hydrogen) atoms. The molecule has 1 heterocycles. The molecule has 2 N–H and O–H groups in total. The molecule has 8 heteroatoms. The predicted octanol–water partition coefficient (Wildman–Crippen LogP) is 3.74. The van der Waals surface area contributed by atoms with E-state index >= 15 is 0 Å². The first-order valence-electron chi connectivity index (χ1n) is 8.24. The van der Waals surface area contributed by atoms with Gasteiger partial charge in [-0.2, -0.15) is 8.42 Å². The smallest absolute Gasteiger partial charge is 0.294 e. The van der Waals surface area contributed by atoms with E-state index in [1.807, 2.05) is 13.0 Å². The summed E-state index contributed by atoms with van der Waals surface area (Å²) in [5.74, 6) is 0.754. The third-order valence-corrected chi connectivity index (χ3v) is 4.35. The van der Waals surface area contributed by atoms with Crippen LogP contribution in [-0.2, 0) is 10.1 Å². The van der Waals surface area contributed by atoms with E-state index in [0.29, 0.717) is 17.8 Å². The SMILES string of the molecule is CCCN[C@H](C)COc1ccc(Cl)nc1.Cc1ccc(S(=O)(=O)O)cc1. The van der Waals surface area contributed by atoms with Gasteiger partial charge in [0.1, 0.15) is 17.5 Å². The summed E-state index contributed by atoms with van der Waals surface area (Å²) in [5, 5.41) is 3.83. The lowest BCUT2D eigenvalue weighted by Crippen LogP contribution is -2.32. The molecule has 0 saturated heterocycles. The highest BCUT2D eigenvalue weighted by Gasteiger charge is 2.06. The number of nitrogens with one attached hydrogen (secondary N) is 1. The molecule has 144 valence electrons. The van der Waals surface area contributed by atoms with Crippen molar-refractivity contribution >= 4 is 21.7 Å². The Morgan fingerprint density at radius 3 is 2.38 bits per heavy atom. The van der Waals surface area contributed by atoms with Gasteiger partial charge in [0.25, 0.3) is 10.1 Å². The molecule has 0 bridgehead atoms. The summed E-state index contributed by atoms with van der Waals surface area (Å²) in [4.78, 5) is 3.87. The van der Waals surface area contributed by atoms with Gasteiger partial charge in [0, 0.05) is 6.04 Å². The molecule has 2 aromatic rings. The van der Waals surface area contributed by atoms with Gasteiger partial charge in [0.15, 0.2) is 0 Å². The highest BCUT2D eigenvalue weighted by atomic mass is 35.5. The number of ether oxygens (including phenoxy) is 1. The summed E-state index contributed by atoms with van der Waals surface area (Å²) < 4.78 is 35.1. The second-order valence-electron chi connectivity index (χ2n) is 5.77. The number of pyridine rings is 1. The van der Waals surface area contributed by atoms with Gasteiger partial charge in [-0.05, 0) is 51.1 Å². The van der Waals surface area contributed by atoms with E-state index in [1.54, 1.807) is 24.4 Å². The largest absolute Gasteiger partial charge is 0.490 e. The number of rotatable bonds is 7. The summed E-state index contributed by atoms with van der Waals surface area (Å²) >= 11 is 5.66. The number of hydrogen-bond donors (Lipinski definition) is 2. The Labute approximate surface area is 160 Å². The molecule has 1 atom stereocenters. The van der Waals surface area contributed by atoms with Crippen molar-refractivity contribution in [3.8, 4) is 5.75 Å². The first-order valence-corrected chi connectivity index (χ1v) is 10.1. The Bertz CT molecular complexity index is 750. The van der Waals surface area contributed by atoms with Crippen molar-refractivity contribution in [1.29, 1.82) is 0 Å². The van der Waals surface area contributed by atoms with Crippen LogP contribution in [-0.4, -0.2) is 37.1 Å². The van der Waals surface area contributed by atoms with E-state index in [9.17, 15) is 8.42 Å². The fourth-order valence-corrected chi connectivity index (χ4v) is 2.42. The average Bonchev–Trinajstić information content (AvgIpc) is 2.59. The maximum atomic E-state index is 10.5. The molecule has 1 aromatic heterocycles. The van der Waals surface area contributed by atoms with Gasteiger partial charge >= 0.3 is 0 Å². The minimum atomic E-state index is -4.02. The van der Waals surface area contributed by atoms with Crippen LogP contribution in [0, 0.1) is 6.92 Å². The average molecular weight is 401 g/mol. The quantitative estimate of drug-likeness (QED) is 0.543. The van der Waals surface area contributed by atoms with Crippen LogP contribution in [0.1, 0.15) is 25.8 Å². The molecule has 0 aliphatic carbocycles. The molecule has 2 rings (SSSR count). The van der Waals surface area contributed by atoms with E-state index in [1.165, 1.54) is 12.1 Å². The zero-order chi connectivity index (χ0) is 19.6. The highest BCUT2D eigenvalue weighted by molar-refractivity contribution is 7.85. The minimum Gasteiger partial charge on any atom is -0.490 e. The Hall–Kier alpha value is -1.67. The lowest BCUT2D eigenvalue weighted by atomic mass is 10.2. The van der Waals surface area contributed by atoms with E-state index in [2.05, 4.69) is 24.1 Å². The zero-order valence-electron chi connectivity index (χ0n) is 15.1. The van der Waals surface area contributed by atoms with Crippen molar-refractivity contribution < 1.29 is 17.7 Å². The first kappa shape index (κ1) is 22.4. The maximum Gasteiger partial charge on any atom is 0.294 e. The maximum absolute atomic E-state index is 10.5. The second kappa shape index (κ2) is 11.1. The first-order chi connectivity index (χ1) is 12.2. The van der Waals surface area contributed by atoms with Crippen molar-refractivity contribution in [2.24, 2.45) is 0 Å². The van der Waals surface area contributed by atoms with Crippen LogP contribution in [0.15, 0.2) is 47.5 Å².